The molecule has 0 saturated heterocycles. The van der Waals surface area contributed by atoms with Gasteiger partial charge in [0.1, 0.15) is 23.7 Å². The zero-order valence-corrected chi connectivity index (χ0v) is 16.2. The second-order valence-electron chi connectivity index (χ2n) is 6.30. The number of aldehydes is 1. The number of halogens is 3. The van der Waals surface area contributed by atoms with Gasteiger partial charge in [0.2, 0.25) is 6.29 Å². The molecule has 0 bridgehead atoms. The zero-order valence-electron chi connectivity index (χ0n) is 16.2. The van der Waals surface area contributed by atoms with E-state index in [9.17, 15) is 18.4 Å². The summed E-state index contributed by atoms with van der Waals surface area (Å²) in [6.07, 6.45) is 3.03. The highest BCUT2D eigenvalue weighted by Gasteiger charge is 2.25. The first kappa shape index (κ1) is 22.1. The Morgan fingerprint density at radius 2 is 1.94 bits per heavy atom. The lowest BCUT2D eigenvalue weighted by Crippen LogP contribution is -2.11. The summed E-state index contributed by atoms with van der Waals surface area (Å²) >= 11 is 0. The summed E-state index contributed by atoms with van der Waals surface area (Å²) in [4.78, 5) is 24.4. The first-order chi connectivity index (χ1) is 15.4. The maximum absolute atomic E-state index is 10.4. The van der Waals surface area contributed by atoms with Crippen molar-refractivity contribution in [1.82, 2.24) is 29.7 Å². The Labute approximate surface area is 178 Å². The molecular weight excluding hydrogens is 425 g/mol. The van der Waals surface area contributed by atoms with E-state index in [1.54, 1.807) is 29.2 Å². The number of fused-ring (bicyclic) bond motifs is 1. The Kier molecular flexibility index (Phi) is 6.56. The highest BCUT2D eigenvalue weighted by Crippen LogP contribution is 2.27. The number of aromatic amines is 1. The number of rotatable bonds is 4. The van der Waals surface area contributed by atoms with Crippen LogP contribution >= 0.6 is 0 Å². The minimum Gasteiger partial charge on any atom is -0.346 e. The number of pyridine rings is 1. The topological polar surface area (TPSA) is 137 Å². The number of hydrogen-bond donors (Lipinski definition) is 1. The summed E-state index contributed by atoms with van der Waals surface area (Å²) in [5.41, 5.74) is 3.52. The summed E-state index contributed by atoms with van der Waals surface area (Å²) in [5.74, 6) is 0. The molecule has 4 heterocycles. The second kappa shape index (κ2) is 9.49. The molecule has 0 saturated carbocycles. The fourth-order valence-electron chi connectivity index (χ4n) is 2.85. The van der Waals surface area contributed by atoms with Crippen molar-refractivity contribution in [1.29, 1.82) is 10.5 Å². The van der Waals surface area contributed by atoms with Crippen molar-refractivity contribution < 1.29 is 18.0 Å². The van der Waals surface area contributed by atoms with Gasteiger partial charge in [-0.3, -0.25) is 9.48 Å². The minimum atomic E-state index is -4.64. The van der Waals surface area contributed by atoms with Crippen LogP contribution in [0.1, 0.15) is 23.7 Å². The standard InChI is InChI=1S/C18H12N8.C2HF3O/c19-5-3-16(12-1-2-14(7-20)22-8-12)26-10-13(9-25-26)17-15-4-6-21-18(15)24-11-23-17;3-2(4,5)1-6/h1-2,4,6,8-11,16H,3H2,(H,21,23,24);1H. The summed E-state index contributed by atoms with van der Waals surface area (Å²) in [6.45, 7) is 0. The first-order valence-corrected chi connectivity index (χ1v) is 8.95. The molecule has 9 nitrogen and oxygen atoms in total. The number of nitrogens with one attached hydrogen (secondary N) is 1. The minimum absolute atomic E-state index is 0.234. The van der Waals surface area contributed by atoms with Crippen LogP contribution in [0.4, 0.5) is 13.2 Å². The zero-order chi connectivity index (χ0) is 23.1. The van der Waals surface area contributed by atoms with E-state index < -0.39 is 12.5 Å². The summed E-state index contributed by atoms with van der Waals surface area (Å²) in [5, 5.41) is 23.4. The van der Waals surface area contributed by atoms with E-state index in [-0.39, 0.29) is 12.5 Å². The molecule has 0 amide bonds. The molecule has 0 aromatic carbocycles. The van der Waals surface area contributed by atoms with Crippen LogP contribution in [0, 0.1) is 22.7 Å². The van der Waals surface area contributed by atoms with Gasteiger partial charge in [0.05, 0.1) is 30.4 Å². The predicted molar refractivity (Wildman–Crippen MR) is 105 cm³/mol. The molecule has 0 aliphatic carbocycles. The van der Waals surface area contributed by atoms with Gasteiger partial charge in [-0.25, -0.2) is 15.0 Å². The molecular formula is C20H13F3N8O. The molecule has 1 N–H and O–H groups in total. The van der Waals surface area contributed by atoms with Crippen LogP contribution in [0.2, 0.25) is 0 Å². The van der Waals surface area contributed by atoms with E-state index in [1.165, 1.54) is 6.33 Å². The van der Waals surface area contributed by atoms with Gasteiger partial charge in [0.25, 0.3) is 0 Å². The number of nitriles is 2. The number of H-pyrrole nitrogens is 1. The summed E-state index contributed by atoms with van der Waals surface area (Å²) in [6, 6.07) is 9.23. The largest absolute Gasteiger partial charge is 0.446 e. The number of hydrogen-bond acceptors (Lipinski definition) is 7. The molecule has 0 radical (unpaired) electrons. The quantitative estimate of drug-likeness (QED) is 0.482. The van der Waals surface area contributed by atoms with Crippen molar-refractivity contribution in [2.45, 2.75) is 18.6 Å². The predicted octanol–water partition coefficient (Wildman–Crippen LogP) is 3.34. The Hall–Kier alpha value is -4.58. The van der Waals surface area contributed by atoms with Crippen LogP contribution in [0.25, 0.3) is 22.3 Å². The van der Waals surface area contributed by atoms with Gasteiger partial charge in [0.15, 0.2) is 0 Å². The van der Waals surface area contributed by atoms with Crippen LogP contribution in [-0.2, 0) is 4.79 Å². The first-order valence-electron chi connectivity index (χ1n) is 8.95. The molecule has 0 fully saturated rings. The number of carbonyl (C=O) groups is 1. The molecule has 0 aliphatic heterocycles. The lowest BCUT2D eigenvalue weighted by atomic mass is 10.1. The van der Waals surface area contributed by atoms with Gasteiger partial charge in [-0.15, -0.1) is 0 Å². The highest BCUT2D eigenvalue weighted by molar-refractivity contribution is 5.89. The molecule has 12 heteroatoms. The second-order valence-corrected chi connectivity index (χ2v) is 6.30. The third-order valence-corrected chi connectivity index (χ3v) is 4.25. The molecule has 0 aliphatic rings. The smallest absolute Gasteiger partial charge is 0.346 e. The molecule has 160 valence electrons. The van der Waals surface area contributed by atoms with Crippen molar-refractivity contribution >= 4 is 17.3 Å². The number of aromatic nitrogens is 6. The Morgan fingerprint density at radius 1 is 1.16 bits per heavy atom. The van der Waals surface area contributed by atoms with Crippen molar-refractivity contribution in [3.63, 3.8) is 0 Å². The number of carbonyl (C=O) groups excluding carboxylic acids is 1. The van der Waals surface area contributed by atoms with Crippen LogP contribution in [-0.4, -0.2) is 42.2 Å². The van der Waals surface area contributed by atoms with Crippen molar-refractivity contribution in [3.8, 4) is 23.4 Å². The third-order valence-electron chi connectivity index (χ3n) is 4.25. The lowest BCUT2D eigenvalue weighted by molar-refractivity contribution is -0.156. The molecule has 1 atom stereocenters. The lowest BCUT2D eigenvalue weighted by Gasteiger charge is -2.14. The van der Waals surface area contributed by atoms with Crippen LogP contribution in [0.15, 0.2) is 49.3 Å². The molecule has 32 heavy (non-hydrogen) atoms. The fraction of sp³-hybridized carbons (Fsp3) is 0.150. The van der Waals surface area contributed by atoms with Crippen molar-refractivity contribution in [2.24, 2.45) is 0 Å². The fourth-order valence-corrected chi connectivity index (χ4v) is 2.85. The van der Waals surface area contributed by atoms with E-state index in [1.807, 2.05) is 24.5 Å². The average Bonchev–Trinajstić information content (AvgIpc) is 3.47. The van der Waals surface area contributed by atoms with E-state index in [0.29, 0.717) is 5.69 Å². The Balaban J connectivity index is 0.000000427. The van der Waals surface area contributed by atoms with Gasteiger partial charge in [0, 0.05) is 29.5 Å². The molecule has 4 aromatic heterocycles. The van der Waals surface area contributed by atoms with E-state index in [2.05, 4.69) is 31.1 Å². The maximum Gasteiger partial charge on any atom is 0.446 e. The number of nitrogens with zero attached hydrogens (tertiary/aromatic N) is 7. The van der Waals surface area contributed by atoms with Crippen molar-refractivity contribution in [3.05, 3.63) is 60.6 Å². The molecule has 0 spiro atoms. The van der Waals surface area contributed by atoms with Gasteiger partial charge < -0.3 is 4.98 Å². The number of alkyl halides is 3. The van der Waals surface area contributed by atoms with Crippen LogP contribution in [0.5, 0.6) is 0 Å². The van der Waals surface area contributed by atoms with E-state index in [0.717, 1.165) is 27.9 Å². The SMILES string of the molecule is N#CCC(c1ccc(C#N)nc1)n1cc(-c2ncnc3[nH]ccc23)cn1.O=CC(F)(F)F. The monoisotopic (exact) mass is 438 g/mol. The van der Waals surface area contributed by atoms with Crippen molar-refractivity contribution in [2.75, 3.05) is 0 Å². The molecule has 4 aromatic rings. The molecule has 4 rings (SSSR count). The van der Waals surface area contributed by atoms with Gasteiger partial charge in [-0.05, 0) is 17.7 Å². The van der Waals surface area contributed by atoms with E-state index in [4.69, 9.17) is 10.1 Å². The van der Waals surface area contributed by atoms with Crippen LogP contribution in [0.3, 0.4) is 0 Å². The third kappa shape index (κ3) is 5.12. The van der Waals surface area contributed by atoms with Gasteiger partial charge in [-0.2, -0.15) is 28.8 Å². The van der Waals surface area contributed by atoms with Gasteiger partial charge >= 0.3 is 6.18 Å². The maximum atomic E-state index is 10.4. The van der Waals surface area contributed by atoms with E-state index >= 15 is 0 Å². The summed E-state index contributed by atoms with van der Waals surface area (Å²) < 4.78 is 33.0. The molecule has 1 unspecified atom stereocenters. The normalized spacial score (nSPS) is 11.7. The highest BCUT2D eigenvalue weighted by atomic mass is 19.4. The Bertz CT molecular complexity index is 1300. The summed E-state index contributed by atoms with van der Waals surface area (Å²) in [7, 11) is 0. The van der Waals surface area contributed by atoms with Gasteiger partial charge in [-0.1, -0.05) is 6.07 Å². The average molecular weight is 438 g/mol. The Morgan fingerprint density at radius 3 is 2.56 bits per heavy atom. The van der Waals surface area contributed by atoms with Crippen LogP contribution < -0.4 is 0 Å².